The van der Waals surface area contributed by atoms with Gasteiger partial charge in [-0.15, -0.1) is 0 Å². The molecular formula is C10H19NO3. The van der Waals surface area contributed by atoms with E-state index in [4.69, 9.17) is 9.84 Å². The van der Waals surface area contributed by atoms with Crippen LogP contribution in [0.1, 0.15) is 26.7 Å². The van der Waals surface area contributed by atoms with E-state index < -0.39 is 5.97 Å². The van der Waals surface area contributed by atoms with Gasteiger partial charge in [0.1, 0.15) is 0 Å². The Morgan fingerprint density at radius 2 is 2.36 bits per heavy atom. The molecule has 1 aliphatic heterocycles. The smallest absolute Gasteiger partial charge is 0.317 e. The lowest BCUT2D eigenvalue weighted by Gasteiger charge is -2.32. The van der Waals surface area contributed by atoms with Crippen LogP contribution in [0, 0.1) is 5.92 Å². The lowest BCUT2D eigenvalue weighted by molar-refractivity contribution is -0.136. The van der Waals surface area contributed by atoms with Crippen molar-refractivity contribution >= 4 is 5.97 Å². The van der Waals surface area contributed by atoms with E-state index in [0.29, 0.717) is 12.0 Å². The van der Waals surface area contributed by atoms with Gasteiger partial charge in [0.25, 0.3) is 0 Å². The van der Waals surface area contributed by atoms with Crippen LogP contribution in [0.25, 0.3) is 0 Å². The predicted octanol–water partition coefficient (Wildman–Crippen LogP) is 0.864. The summed E-state index contributed by atoms with van der Waals surface area (Å²) in [6, 6.07) is 0.298. The maximum atomic E-state index is 10.4. The summed E-state index contributed by atoms with van der Waals surface area (Å²) in [6.45, 7) is 5.05. The summed E-state index contributed by atoms with van der Waals surface area (Å²) in [5.41, 5.74) is 0. The number of nitrogens with one attached hydrogen (secondary N) is 1. The van der Waals surface area contributed by atoms with E-state index >= 15 is 0 Å². The molecule has 1 aliphatic rings. The Labute approximate surface area is 84.6 Å². The van der Waals surface area contributed by atoms with Crippen LogP contribution in [0.15, 0.2) is 0 Å². The highest BCUT2D eigenvalue weighted by Gasteiger charge is 2.24. The summed E-state index contributed by atoms with van der Waals surface area (Å²) in [6.07, 6.45) is 2.11. The minimum absolute atomic E-state index is 0.0511. The van der Waals surface area contributed by atoms with Gasteiger partial charge in [0.05, 0.1) is 12.6 Å². The number of hydrogen-bond donors (Lipinski definition) is 2. The van der Waals surface area contributed by atoms with Gasteiger partial charge in [-0.25, -0.2) is 0 Å². The number of carboxylic acid groups (broad SMARTS) is 1. The highest BCUT2D eigenvalue weighted by Crippen LogP contribution is 2.19. The normalized spacial score (nSPS) is 27.9. The monoisotopic (exact) mass is 201 g/mol. The van der Waals surface area contributed by atoms with Gasteiger partial charge in [-0.2, -0.15) is 0 Å². The fourth-order valence-electron chi connectivity index (χ4n) is 1.71. The second-order valence-corrected chi connectivity index (χ2v) is 4.15. The molecule has 1 rings (SSSR count). The SMILES string of the molecule is CC(C)C1CC(NCC(=O)O)CCO1. The minimum atomic E-state index is -0.794. The first-order valence-corrected chi connectivity index (χ1v) is 5.16. The van der Waals surface area contributed by atoms with Crippen molar-refractivity contribution < 1.29 is 14.6 Å². The first-order chi connectivity index (χ1) is 6.59. The van der Waals surface area contributed by atoms with Crippen molar-refractivity contribution in [3.8, 4) is 0 Å². The van der Waals surface area contributed by atoms with Crippen LogP contribution < -0.4 is 5.32 Å². The molecule has 4 nitrogen and oxygen atoms in total. The molecule has 0 aromatic heterocycles. The highest BCUT2D eigenvalue weighted by atomic mass is 16.5. The molecule has 1 fully saturated rings. The summed E-state index contributed by atoms with van der Waals surface area (Å²) in [7, 11) is 0. The fourth-order valence-corrected chi connectivity index (χ4v) is 1.71. The van der Waals surface area contributed by atoms with Gasteiger partial charge < -0.3 is 15.2 Å². The van der Waals surface area contributed by atoms with Crippen LogP contribution in [0.3, 0.4) is 0 Å². The average Bonchev–Trinajstić information content (AvgIpc) is 2.15. The topological polar surface area (TPSA) is 58.6 Å². The van der Waals surface area contributed by atoms with E-state index in [1.807, 2.05) is 0 Å². The molecule has 0 saturated carbocycles. The molecular weight excluding hydrogens is 182 g/mol. The largest absolute Gasteiger partial charge is 0.480 e. The molecule has 0 spiro atoms. The number of ether oxygens (including phenoxy) is 1. The Hall–Kier alpha value is -0.610. The van der Waals surface area contributed by atoms with Crippen molar-refractivity contribution in [3.63, 3.8) is 0 Å². The lowest BCUT2D eigenvalue weighted by atomic mass is 9.95. The van der Waals surface area contributed by atoms with Crippen LogP contribution in [0.4, 0.5) is 0 Å². The number of carbonyl (C=O) groups is 1. The first-order valence-electron chi connectivity index (χ1n) is 5.16. The molecule has 0 bridgehead atoms. The summed E-state index contributed by atoms with van der Waals surface area (Å²) in [4.78, 5) is 10.4. The van der Waals surface area contributed by atoms with Gasteiger partial charge in [0, 0.05) is 12.6 Å². The number of carboxylic acids is 1. The molecule has 4 heteroatoms. The fraction of sp³-hybridized carbons (Fsp3) is 0.900. The number of hydrogen-bond acceptors (Lipinski definition) is 3. The van der Waals surface area contributed by atoms with Crippen molar-refractivity contribution in [3.05, 3.63) is 0 Å². The third-order valence-electron chi connectivity index (χ3n) is 2.60. The molecule has 1 saturated heterocycles. The summed E-state index contributed by atoms with van der Waals surface area (Å²) in [5.74, 6) is -0.290. The Morgan fingerprint density at radius 1 is 1.64 bits per heavy atom. The molecule has 0 amide bonds. The standard InChI is InChI=1S/C10H19NO3/c1-7(2)9-5-8(3-4-14-9)11-6-10(12)13/h7-9,11H,3-6H2,1-2H3,(H,12,13). The summed E-state index contributed by atoms with van der Waals surface area (Å²) < 4.78 is 5.59. The highest BCUT2D eigenvalue weighted by molar-refractivity contribution is 5.69. The molecule has 0 aromatic carbocycles. The number of rotatable bonds is 4. The van der Waals surface area contributed by atoms with Gasteiger partial charge in [0.2, 0.25) is 0 Å². The van der Waals surface area contributed by atoms with Crippen LogP contribution in [0.2, 0.25) is 0 Å². The van der Waals surface area contributed by atoms with Crippen molar-refractivity contribution in [2.75, 3.05) is 13.2 Å². The van der Waals surface area contributed by atoms with E-state index in [1.54, 1.807) is 0 Å². The van der Waals surface area contributed by atoms with Crippen molar-refractivity contribution in [2.45, 2.75) is 38.8 Å². The van der Waals surface area contributed by atoms with Gasteiger partial charge in [-0.3, -0.25) is 4.79 Å². The van der Waals surface area contributed by atoms with Crippen LogP contribution >= 0.6 is 0 Å². The van der Waals surface area contributed by atoms with Crippen LogP contribution in [-0.2, 0) is 9.53 Å². The van der Waals surface area contributed by atoms with Crippen LogP contribution in [0.5, 0.6) is 0 Å². The molecule has 1 heterocycles. The molecule has 0 aromatic rings. The minimum Gasteiger partial charge on any atom is -0.480 e. The zero-order valence-electron chi connectivity index (χ0n) is 8.82. The second-order valence-electron chi connectivity index (χ2n) is 4.15. The first kappa shape index (κ1) is 11.5. The van der Waals surface area contributed by atoms with Gasteiger partial charge in [0.15, 0.2) is 0 Å². The Balaban J connectivity index is 2.29. The lowest BCUT2D eigenvalue weighted by Crippen LogP contribution is -2.42. The molecule has 0 aliphatic carbocycles. The van der Waals surface area contributed by atoms with Gasteiger partial charge >= 0.3 is 5.97 Å². The Morgan fingerprint density at radius 3 is 2.93 bits per heavy atom. The molecule has 2 N–H and O–H groups in total. The van der Waals surface area contributed by atoms with Gasteiger partial charge in [-0.1, -0.05) is 13.8 Å². The van der Waals surface area contributed by atoms with Crippen molar-refractivity contribution in [1.29, 1.82) is 0 Å². The van der Waals surface area contributed by atoms with E-state index in [1.165, 1.54) is 0 Å². The van der Waals surface area contributed by atoms with E-state index in [-0.39, 0.29) is 12.6 Å². The predicted molar refractivity (Wildman–Crippen MR) is 53.2 cm³/mol. The summed E-state index contributed by atoms with van der Waals surface area (Å²) in [5, 5.41) is 11.6. The third-order valence-corrected chi connectivity index (χ3v) is 2.60. The second kappa shape index (κ2) is 5.32. The van der Waals surface area contributed by atoms with Crippen molar-refractivity contribution in [1.82, 2.24) is 5.32 Å². The Bertz CT molecular complexity index is 194. The third kappa shape index (κ3) is 3.64. The maximum absolute atomic E-state index is 10.4. The zero-order chi connectivity index (χ0) is 10.6. The van der Waals surface area contributed by atoms with Gasteiger partial charge in [-0.05, 0) is 18.8 Å². The summed E-state index contributed by atoms with van der Waals surface area (Å²) >= 11 is 0. The molecule has 2 unspecified atom stereocenters. The quantitative estimate of drug-likeness (QED) is 0.708. The zero-order valence-corrected chi connectivity index (χ0v) is 8.82. The molecule has 0 radical (unpaired) electrons. The number of aliphatic carboxylic acids is 1. The molecule has 82 valence electrons. The van der Waals surface area contributed by atoms with E-state index in [2.05, 4.69) is 19.2 Å². The average molecular weight is 201 g/mol. The van der Waals surface area contributed by atoms with Crippen molar-refractivity contribution in [2.24, 2.45) is 5.92 Å². The maximum Gasteiger partial charge on any atom is 0.317 e. The molecule has 2 atom stereocenters. The van der Waals surface area contributed by atoms with Crippen LogP contribution in [-0.4, -0.2) is 36.4 Å². The van der Waals surface area contributed by atoms with E-state index in [9.17, 15) is 4.79 Å². The Kier molecular flexibility index (Phi) is 4.35. The molecule has 14 heavy (non-hydrogen) atoms. The van der Waals surface area contributed by atoms with E-state index in [0.717, 1.165) is 19.4 Å².